The zero-order valence-electron chi connectivity index (χ0n) is 15.3. The molecule has 25 heavy (non-hydrogen) atoms. The van der Waals surface area contributed by atoms with Crippen molar-refractivity contribution in [2.45, 2.75) is 64.5 Å². The van der Waals surface area contributed by atoms with Crippen LogP contribution in [-0.4, -0.2) is 35.5 Å². The van der Waals surface area contributed by atoms with Crippen LogP contribution in [0.25, 0.3) is 0 Å². The molecule has 5 heteroatoms. The van der Waals surface area contributed by atoms with Crippen LogP contribution in [0, 0.1) is 5.92 Å². The molecule has 0 unspecified atom stereocenters. The molecule has 2 aliphatic rings. The summed E-state index contributed by atoms with van der Waals surface area (Å²) in [6.07, 6.45) is 7.33. The molecule has 3 amide bonds. The third-order valence-corrected chi connectivity index (χ3v) is 5.31. The Morgan fingerprint density at radius 3 is 2.44 bits per heavy atom. The summed E-state index contributed by atoms with van der Waals surface area (Å²) in [5.41, 5.74) is 1.41. The van der Waals surface area contributed by atoms with E-state index < -0.39 is 0 Å². The number of anilines is 1. The van der Waals surface area contributed by atoms with Crippen molar-refractivity contribution < 1.29 is 9.59 Å². The van der Waals surface area contributed by atoms with Gasteiger partial charge in [0.2, 0.25) is 0 Å². The number of rotatable bonds is 3. The molecule has 0 radical (unpaired) electrons. The van der Waals surface area contributed by atoms with E-state index in [1.807, 2.05) is 26.0 Å². The quantitative estimate of drug-likeness (QED) is 0.871. The number of nitrogens with zero attached hydrogens (tertiary/aromatic N) is 1. The van der Waals surface area contributed by atoms with Gasteiger partial charge < -0.3 is 15.5 Å². The van der Waals surface area contributed by atoms with Gasteiger partial charge in [0, 0.05) is 29.9 Å². The number of carbonyl (C=O) groups is 2. The molecule has 1 saturated heterocycles. The molecular formula is C20H29N3O2. The molecule has 1 aromatic rings. The van der Waals surface area contributed by atoms with Crippen molar-refractivity contribution in [3.8, 4) is 0 Å². The molecule has 1 aliphatic heterocycles. The van der Waals surface area contributed by atoms with Crippen LogP contribution in [0.3, 0.4) is 0 Å². The molecule has 2 N–H and O–H groups in total. The predicted octanol–water partition coefficient (Wildman–Crippen LogP) is 4.01. The number of nitrogens with one attached hydrogen (secondary N) is 2. The average Bonchev–Trinajstić information content (AvgIpc) is 2.60. The van der Waals surface area contributed by atoms with Crippen molar-refractivity contribution in [1.82, 2.24) is 10.2 Å². The van der Waals surface area contributed by atoms with E-state index in [2.05, 4.69) is 15.5 Å². The Hall–Kier alpha value is -2.04. The van der Waals surface area contributed by atoms with Gasteiger partial charge in [-0.2, -0.15) is 0 Å². The van der Waals surface area contributed by atoms with Crippen LogP contribution in [-0.2, 0) is 0 Å². The topological polar surface area (TPSA) is 61.4 Å². The first kappa shape index (κ1) is 17.8. The number of likely N-dealkylation sites (tertiary alicyclic amines) is 1. The Morgan fingerprint density at radius 2 is 1.72 bits per heavy atom. The lowest BCUT2D eigenvalue weighted by Gasteiger charge is -2.44. The molecule has 2 atom stereocenters. The highest BCUT2D eigenvalue weighted by Gasteiger charge is 2.35. The standard InChI is InChI=1S/C20H29N3O2/c1-14(2)21-20(25)22-17-11-9-16(10-12-17)19(24)23-13-5-7-15-6-3-4-8-18(15)23/h9-12,14-15,18H,3-8,13H2,1-2H3,(H2,21,22,25)/t15-,18-/m0/s1. The summed E-state index contributed by atoms with van der Waals surface area (Å²) < 4.78 is 0. The maximum Gasteiger partial charge on any atom is 0.319 e. The lowest BCUT2D eigenvalue weighted by molar-refractivity contribution is 0.0390. The minimum Gasteiger partial charge on any atom is -0.336 e. The molecule has 0 bridgehead atoms. The Bertz CT molecular complexity index is 610. The Labute approximate surface area is 150 Å². The number of hydrogen-bond acceptors (Lipinski definition) is 2. The Morgan fingerprint density at radius 1 is 1.04 bits per heavy atom. The van der Waals surface area contributed by atoms with Crippen molar-refractivity contribution in [2.24, 2.45) is 5.92 Å². The number of fused-ring (bicyclic) bond motifs is 1. The Kier molecular flexibility index (Phi) is 5.61. The van der Waals surface area contributed by atoms with Crippen molar-refractivity contribution >= 4 is 17.6 Å². The molecule has 136 valence electrons. The SMILES string of the molecule is CC(C)NC(=O)Nc1ccc(C(=O)N2CCC[C@@H]3CCCC[C@@H]32)cc1. The third kappa shape index (κ3) is 4.33. The second kappa shape index (κ2) is 7.89. The summed E-state index contributed by atoms with van der Waals surface area (Å²) in [7, 11) is 0. The summed E-state index contributed by atoms with van der Waals surface area (Å²) in [5.74, 6) is 0.821. The second-order valence-corrected chi connectivity index (χ2v) is 7.58. The van der Waals surface area contributed by atoms with Gasteiger partial charge in [-0.1, -0.05) is 12.8 Å². The van der Waals surface area contributed by atoms with Crippen LogP contribution in [0.2, 0.25) is 0 Å². The normalized spacial score (nSPS) is 23.1. The van der Waals surface area contributed by atoms with Crippen molar-refractivity contribution in [2.75, 3.05) is 11.9 Å². The summed E-state index contributed by atoms with van der Waals surface area (Å²) in [4.78, 5) is 26.8. The molecule has 1 saturated carbocycles. The monoisotopic (exact) mass is 343 g/mol. The highest BCUT2D eigenvalue weighted by molar-refractivity contribution is 5.95. The van der Waals surface area contributed by atoms with Gasteiger partial charge in [0.1, 0.15) is 0 Å². The smallest absolute Gasteiger partial charge is 0.319 e. The van der Waals surface area contributed by atoms with E-state index in [0.717, 1.165) is 19.4 Å². The molecule has 1 heterocycles. The molecule has 0 aromatic heterocycles. The molecule has 1 aliphatic carbocycles. The molecule has 3 rings (SSSR count). The lowest BCUT2D eigenvalue weighted by Crippen LogP contribution is -2.49. The zero-order valence-corrected chi connectivity index (χ0v) is 15.3. The van der Waals surface area contributed by atoms with E-state index in [-0.39, 0.29) is 18.0 Å². The highest BCUT2D eigenvalue weighted by Crippen LogP contribution is 2.35. The van der Waals surface area contributed by atoms with Gasteiger partial charge in [-0.25, -0.2) is 4.79 Å². The fourth-order valence-electron chi connectivity index (χ4n) is 4.17. The number of urea groups is 1. The predicted molar refractivity (Wildman–Crippen MR) is 99.7 cm³/mol. The molecule has 1 aromatic carbocycles. The van der Waals surface area contributed by atoms with Crippen molar-refractivity contribution in [3.05, 3.63) is 29.8 Å². The summed E-state index contributed by atoms with van der Waals surface area (Å²) in [5, 5.41) is 5.58. The largest absolute Gasteiger partial charge is 0.336 e. The number of carbonyl (C=O) groups excluding carboxylic acids is 2. The summed E-state index contributed by atoms with van der Waals surface area (Å²) in [6, 6.07) is 7.52. The van der Waals surface area contributed by atoms with Crippen LogP contribution in [0.5, 0.6) is 0 Å². The third-order valence-electron chi connectivity index (χ3n) is 5.31. The molecule has 2 fully saturated rings. The van der Waals surface area contributed by atoms with Crippen molar-refractivity contribution in [3.63, 3.8) is 0 Å². The highest BCUT2D eigenvalue weighted by atomic mass is 16.2. The maximum absolute atomic E-state index is 13.0. The number of benzene rings is 1. The van der Waals surface area contributed by atoms with Crippen molar-refractivity contribution in [1.29, 1.82) is 0 Å². The Balaban J connectivity index is 1.65. The second-order valence-electron chi connectivity index (χ2n) is 7.58. The van der Waals surface area contributed by atoms with Crippen LogP contribution in [0.4, 0.5) is 10.5 Å². The van der Waals surface area contributed by atoms with Gasteiger partial charge in [-0.3, -0.25) is 4.79 Å². The molecule has 5 nitrogen and oxygen atoms in total. The minimum atomic E-state index is -0.227. The first-order valence-corrected chi connectivity index (χ1v) is 9.53. The van der Waals surface area contributed by atoms with Gasteiger partial charge in [0.05, 0.1) is 0 Å². The average molecular weight is 343 g/mol. The van der Waals surface area contributed by atoms with Gasteiger partial charge in [0.15, 0.2) is 0 Å². The van der Waals surface area contributed by atoms with Gasteiger partial charge in [0.25, 0.3) is 5.91 Å². The number of piperidine rings is 1. The van der Waals surface area contributed by atoms with E-state index in [9.17, 15) is 9.59 Å². The zero-order chi connectivity index (χ0) is 17.8. The van der Waals surface area contributed by atoms with E-state index in [0.29, 0.717) is 23.2 Å². The van der Waals surface area contributed by atoms with Gasteiger partial charge in [-0.05, 0) is 69.7 Å². The molecule has 0 spiro atoms. The maximum atomic E-state index is 13.0. The number of hydrogen-bond donors (Lipinski definition) is 2. The lowest BCUT2D eigenvalue weighted by atomic mass is 9.78. The first-order chi connectivity index (χ1) is 12.0. The van der Waals surface area contributed by atoms with Crippen LogP contribution < -0.4 is 10.6 Å². The van der Waals surface area contributed by atoms with Crippen LogP contribution in [0.1, 0.15) is 62.7 Å². The first-order valence-electron chi connectivity index (χ1n) is 9.53. The van der Waals surface area contributed by atoms with E-state index in [1.165, 1.54) is 25.7 Å². The van der Waals surface area contributed by atoms with Crippen LogP contribution >= 0.6 is 0 Å². The van der Waals surface area contributed by atoms with Crippen LogP contribution in [0.15, 0.2) is 24.3 Å². The van der Waals surface area contributed by atoms with Gasteiger partial charge >= 0.3 is 6.03 Å². The minimum absolute atomic E-state index is 0.0865. The van der Waals surface area contributed by atoms with E-state index in [4.69, 9.17) is 0 Å². The fourth-order valence-corrected chi connectivity index (χ4v) is 4.17. The number of amides is 3. The summed E-state index contributed by atoms with van der Waals surface area (Å²) in [6.45, 7) is 4.70. The van der Waals surface area contributed by atoms with Gasteiger partial charge in [-0.15, -0.1) is 0 Å². The summed E-state index contributed by atoms with van der Waals surface area (Å²) >= 11 is 0. The van der Waals surface area contributed by atoms with E-state index in [1.54, 1.807) is 12.1 Å². The molecular weight excluding hydrogens is 314 g/mol. The fraction of sp³-hybridized carbons (Fsp3) is 0.600. The van der Waals surface area contributed by atoms with E-state index >= 15 is 0 Å².